The first-order chi connectivity index (χ1) is 10.9. The molecule has 2 heterocycles. The van der Waals surface area contributed by atoms with Gasteiger partial charge in [0.25, 0.3) is 5.91 Å². The Hall–Kier alpha value is -1.02. The molecule has 1 fully saturated rings. The summed E-state index contributed by atoms with van der Waals surface area (Å²) >= 11 is 1.44. The lowest BCUT2D eigenvalue weighted by atomic mass is 10.2. The number of amides is 1. The Bertz CT molecular complexity index is 512. The average molecular weight is 340 g/mol. The fraction of sp³-hybridized carbons (Fsp3) is 0.750. The summed E-state index contributed by atoms with van der Waals surface area (Å²) in [5.41, 5.74) is 0. The van der Waals surface area contributed by atoms with Crippen molar-refractivity contribution in [1.82, 2.24) is 19.7 Å². The smallest absolute Gasteiger partial charge is 0.265 e. The van der Waals surface area contributed by atoms with Crippen molar-refractivity contribution in [2.75, 3.05) is 53.4 Å². The highest BCUT2D eigenvalue weighted by atomic mass is 32.1. The van der Waals surface area contributed by atoms with Gasteiger partial charge in [-0.1, -0.05) is 13.8 Å². The third-order valence-electron chi connectivity index (χ3n) is 4.12. The Morgan fingerprint density at radius 1 is 1.39 bits per heavy atom. The molecule has 0 bridgehead atoms. The first-order valence-electron chi connectivity index (χ1n) is 8.17. The van der Waals surface area contributed by atoms with Crippen LogP contribution >= 0.6 is 11.3 Å². The van der Waals surface area contributed by atoms with Gasteiger partial charge in [-0.2, -0.15) is 0 Å². The second-order valence-corrected chi connectivity index (χ2v) is 7.72. The van der Waals surface area contributed by atoms with Gasteiger partial charge in [-0.15, -0.1) is 11.3 Å². The predicted molar refractivity (Wildman–Crippen MR) is 93.1 cm³/mol. The van der Waals surface area contributed by atoms with Crippen LogP contribution in [-0.2, 0) is 0 Å². The van der Waals surface area contributed by atoms with Gasteiger partial charge >= 0.3 is 0 Å². The maximum absolute atomic E-state index is 12.4. The van der Waals surface area contributed by atoms with Crippen LogP contribution in [0.3, 0.4) is 0 Å². The van der Waals surface area contributed by atoms with Crippen molar-refractivity contribution in [3.8, 4) is 0 Å². The lowest BCUT2D eigenvalue weighted by molar-refractivity contribution is 0.0504. The number of aliphatic hydroxyl groups is 1. The Balaban J connectivity index is 1.82. The van der Waals surface area contributed by atoms with E-state index in [2.05, 4.69) is 35.7 Å². The number of hydrogen-bond acceptors (Lipinski definition) is 6. The van der Waals surface area contributed by atoms with Gasteiger partial charge in [0, 0.05) is 52.2 Å². The number of nitrogens with zero attached hydrogens (tertiary/aromatic N) is 4. The van der Waals surface area contributed by atoms with Crippen molar-refractivity contribution in [1.29, 1.82) is 0 Å². The monoisotopic (exact) mass is 340 g/mol. The molecule has 1 N–H and O–H groups in total. The van der Waals surface area contributed by atoms with Crippen LogP contribution in [0.2, 0.25) is 0 Å². The lowest BCUT2D eigenvalue weighted by Gasteiger charge is -2.34. The summed E-state index contributed by atoms with van der Waals surface area (Å²) in [6.07, 6.45) is 1.12. The van der Waals surface area contributed by atoms with Crippen LogP contribution in [0.4, 0.5) is 0 Å². The Labute approximate surface area is 142 Å². The van der Waals surface area contributed by atoms with E-state index in [4.69, 9.17) is 0 Å². The summed E-state index contributed by atoms with van der Waals surface area (Å²) in [4.78, 5) is 23.5. The molecule has 6 nitrogen and oxygen atoms in total. The lowest BCUT2D eigenvalue weighted by Crippen LogP contribution is -2.48. The second-order valence-electron chi connectivity index (χ2n) is 6.66. The number of β-amino-alcohol motifs (C(OH)–C–C–N with tert-alkyl or cyclic N) is 1. The molecule has 130 valence electrons. The number of rotatable bonds is 6. The van der Waals surface area contributed by atoms with Crippen LogP contribution in [0.15, 0.2) is 6.20 Å². The molecular formula is C16H28N4O2S. The SMILES string of the molecule is CC(C)c1ncc(C(=O)N(C)CC(O)CN2CCN(C)CC2)s1. The van der Waals surface area contributed by atoms with E-state index in [1.165, 1.54) is 11.3 Å². The fourth-order valence-corrected chi connectivity index (χ4v) is 3.54. The molecule has 0 saturated carbocycles. The maximum atomic E-state index is 12.4. The topological polar surface area (TPSA) is 59.9 Å². The van der Waals surface area contributed by atoms with E-state index in [0.717, 1.165) is 31.2 Å². The van der Waals surface area contributed by atoms with Crippen molar-refractivity contribution < 1.29 is 9.90 Å². The minimum Gasteiger partial charge on any atom is -0.390 e. The van der Waals surface area contributed by atoms with Crippen LogP contribution in [0.5, 0.6) is 0 Å². The molecule has 2 rings (SSSR count). The van der Waals surface area contributed by atoms with Gasteiger partial charge in [0.15, 0.2) is 0 Å². The molecule has 0 spiro atoms. The molecule has 1 aromatic heterocycles. The fourth-order valence-electron chi connectivity index (χ4n) is 2.63. The number of aromatic nitrogens is 1. The van der Waals surface area contributed by atoms with E-state index in [0.29, 0.717) is 23.9 Å². The van der Waals surface area contributed by atoms with Crippen molar-refractivity contribution in [2.45, 2.75) is 25.9 Å². The highest BCUT2D eigenvalue weighted by Gasteiger charge is 2.21. The van der Waals surface area contributed by atoms with E-state index < -0.39 is 6.10 Å². The Kier molecular flexibility index (Phi) is 6.52. The summed E-state index contributed by atoms with van der Waals surface area (Å²) in [6.45, 7) is 9.09. The summed E-state index contributed by atoms with van der Waals surface area (Å²) in [5, 5.41) is 11.2. The Morgan fingerprint density at radius 3 is 2.61 bits per heavy atom. The number of hydrogen-bond donors (Lipinski definition) is 1. The van der Waals surface area contributed by atoms with Crippen molar-refractivity contribution in [3.63, 3.8) is 0 Å². The van der Waals surface area contributed by atoms with Gasteiger partial charge in [-0.3, -0.25) is 9.69 Å². The van der Waals surface area contributed by atoms with Crippen LogP contribution in [0.25, 0.3) is 0 Å². The zero-order valence-electron chi connectivity index (χ0n) is 14.5. The first kappa shape index (κ1) is 18.3. The third-order valence-corrected chi connectivity index (χ3v) is 5.41. The summed E-state index contributed by atoms with van der Waals surface area (Å²) in [5.74, 6) is 0.265. The molecule has 1 amide bonds. The molecule has 23 heavy (non-hydrogen) atoms. The van der Waals surface area contributed by atoms with Crippen LogP contribution in [0, 0.1) is 0 Å². The molecule has 0 radical (unpaired) electrons. The Morgan fingerprint density at radius 2 is 2.04 bits per heavy atom. The van der Waals surface area contributed by atoms with Crippen LogP contribution in [-0.4, -0.2) is 90.2 Å². The minimum atomic E-state index is -0.523. The van der Waals surface area contributed by atoms with Gasteiger partial charge < -0.3 is 14.9 Å². The quantitative estimate of drug-likeness (QED) is 0.835. The molecule has 1 saturated heterocycles. The van der Waals surface area contributed by atoms with E-state index in [9.17, 15) is 9.90 Å². The maximum Gasteiger partial charge on any atom is 0.265 e. The van der Waals surface area contributed by atoms with Crippen molar-refractivity contribution in [3.05, 3.63) is 16.1 Å². The number of aliphatic hydroxyl groups excluding tert-OH is 1. The summed E-state index contributed by atoms with van der Waals surface area (Å²) in [7, 11) is 3.85. The van der Waals surface area contributed by atoms with Crippen molar-refractivity contribution in [2.24, 2.45) is 0 Å². The van der Waals surface area contributed by atoms with Gasteiger partial charge in [-0.25, -0.2) is 4.98 Å². The second kappa shape index (κ2) is 8.19. The summed E-state index contributed by atoms with van der Waals surface area (Å²) < 4.78 is 0. The summed E-state index contributed by atoms with van der Waals surface area (Å²) in [6, 6.07) is 0. The number of piperazine rings is 1. The van der Waals surface area contributed by atoms with Gasteiger partial charge in [0.2, 0.25) is 0 Å². The zero-order chi connectivity index (χ0) is 17.0. The highest BCUT2D eigenvalue weighted by molar-refractivity contribution is 7.13. The normalized spacial score (nSPS) is 18.3. The molecular weight excluding hydrogens is 312 g/mol. The van der Waals surface area contributed by atoms with Crippen LogP contribution in [0.1, 0.15) is 34.4 Å². The minimum absolute atomic E-state index is 0.0631. The number of carbonyl (C=O) groups is 1. The van der Waals surface area contributed by atoms with Gasteiger partial charge in [0.05, 0.1) is 17.3 Å². The molecule has 1 aliphatic rings. The van der Waals surface area contributed by atoms with Gasteiger partial charge in [0.1, 0.15) is 4.88 Å². The van der Waals surface area contributed by atoms with E-state index in [1.54, 1.807) is 18.1 Å². The molecule has 1 unspecified atom stereocenters. The van der Waals surface area contributed by atoms with Gasteiger partial charge in [-0.05, 0) is 7.05 Å². The standard InChI is InChI=1S/C16H28N4O2S/c1-12(2)15-17-9-14(23-15)16(22)19(4)10-13(21)11-20-7-5-18(3)6-8-20/h9,12-13,21H,5-8,10-11H2,1-4H3. The average Bonchev–Trinajstić information content (AvgIpc) is 2.98. The highest BCUT2D eigenvalue weighted by Crippen LogP contribution is 2.22. The number of carbonyl (C=O) groups excluding carboxylic acids is 1. The van der Waals surface area contributed by atoms with Crippen molar-refractivity contribution >= 4 is 17.2 Å². The predicted octanol–water partition coefficient (Wildman–Crippen LogP) is 0.947. The zero-order valence-corrected chi connectivity index (χ0v) is 15.3. The molecule has 0 aliphatic carbocycles. The molecule has 0 aromatic carbocycles. The molecule has 1 aromatic rings. The first-order valence-corrected chi connectivity index (χ1v) is 8.98. The number of likely N-dealkylation sites (N-methyl/N-ethyl adjacent to an activating group) is 2. The van der Waals surface area contributed by atoms with E-state index >= 15 is 0 Å². The number of thiazole rings is 1. The molecule has 1 aliphatic heterocycles. The van der Waals surface area contributed by atoms with E-state index in [-0.39, 0.29) is 5.91 Å². The van der Waals surface area contributed by atoms with E-state index in [1.807, 2.05) is 0 Å². The molecule has 7 heteroatoms. The molecule has 1 atom stereocenters. The van der Waals surface area contributed by atoms with Crippen LogP contribution < -0.4 is 0 Å². The largest absolute Gasteiger partial charge is 0.390 e. The third kappa shape index (κ3) is 5.24.